The number of rotatable bonds is 6. The average Bonchev–Trinajstić information content (AvgIpc) is 2.98. The minimum absolute atomic E-state index is 0.0633. The Bertz CT molecular complexity index is 869. The number of nitrogens with zero attached hydrogens (tertiary/aromatic N) is 1. The van der Waals surface area contributed by atoms with Crippen LogP contribution in [0.1, 0.15) is 28.4 Å². The molecule has 1 aromatic heterocycles. The predicted molar refractivity (Wildman–Crippen MR) is 94.7 cm³/mol. The lowest BCUT2D eigenvalue weighted by Gasteiger charge is -2.15. The highest BCUT2D eigenvalue weighted by Gasteiger charge is 2.15. The predicted octanol–water partition coefficient (Wildman–Crippen LogP) is 4.18. The fourth-order valence-electron chi connectivity index (χ4n) is 3.08. The van der Waals surface area contributed by atoms with Gasteiger partial charge in [0.05, 0.1) is 6.54 Å². The number of nitrogens with one attached hydrogen (secondary N) is 1. The maximum atomic E-state index is 13.3. The maximum absolute atomic E-state index is 13.3. The number of hydrogen-bond donors (Lipinski definition) is 1. The summed E-state index contributed by atoms with van der Waals surface area (Å²) in [5.74, 6) is -0.190. The number of halogens is 1. The van der Waals surface area contributed by atoms with Gasteiger partial charge in [-0.15, -0.1) is 0 Å². The van der Waals surface area contributed by atoms with Crippen LogP contribution in [0.5, 0.6) is 0 Å². The summed E-state index contributed by atoms with van der Waals surface area (Å²) in [7, 11) is 1.87. The SMILES string of the molecule is CCc1cccc2c(C(=O)CN(C)Cc3cccc(F)c3)c[nH]c12. The topological polar surface area (TPSA) is 36.1 Å². The molecule has 3 nitrogen and oxygen atoms in total. The zero-order valence-corrected chi connectivity index (χ0v) is 14.0. The molecule has 124 valence electrons. The minimum atomic E-state index is -0.254. The molecule has 0 spiro atoms. The van der Waals surface area contributed by atoms with Gasteiger partial charge >= 0.3 is 0 Å². The molecule has 0 radical (unpaired) electrons. The maximum Gasteiger partial charge on any atom is 0.178 e. The third-order valence-corrected chi connectivity index (χ3v) is 4.24. The molecule has 1 heterocycles. The Labute approximate surface area is 141 Å². The number of carbonyl (C=O) groups excluding carboxylic acids is 1. The van der Waals surface area contributed by atoms with E-state index in [-0.39, 0.29) is 11.6 Å². The van der Waals surface area contributed by atoms with Gasteiger partial charge in [0.2, 0.25) is 0 Å². The van der Waals surface area contributed by atoms with Crippen LogP contribution in [0.15, 0.2) is 48.7 Å². The molecule has 4 heteroatoms. The molecule has 0 aliphatic carbocycles. The van der Waals surface area contributed by atoms with E-state index in [1.54, 1.807) is 12.3 Å². The highest BCUT2D eigenvalue weighted by Crippen LogP contribution is 2.23. The van der Waals surface area contributed by atoms with Crippen LogP contribution >= 0.6 is 0 Å². The highest BCUT2D eigenvalue weighted by molar-refractivity contribution is 6.09. The lowest BCUT2D eigenvalue weighted by atomic mass is 10.0. The first-order valence-electron chi connectivity index (χ1n) is 8.13. The molecule has 3 aromatic rings. The summed E-state index contributed by atoms with van der Waals surface area (Å²) in [5.41, 5.74) is 3.82. The van der Waals surface area contributed by atoms with Gasteiger partial charge in [-0.05, 0) is 36.7 Å². The Balaban J connectivity index is 1.75. The summed E-state index contributed by atoms with van der Waals surface area (Å²) in [6, 6.07) is 12.5. The molecule has 0 aliphatic heterocycles. The Kier molecular flexibility index (Phi) is 4.76. The summed E-state index contributed by atoms with van der Waals surface area (Å²) in [5, 5.41) is 0.971. The van der Waals surface area contributed by atoms with Crippen molar-refractivity contribution in [1.82, 2.24) is 9.88 Å². The van der Waals surface area contributed by atoms with Crippen molar-refractivity contribution in [3.63, 3.8) is 0 Å². The number of para-hydroxylation sites is 1. The van der Waals surface area contributed by atoms with Gasteiger partial charge in [-0.3, -0.25) is 9.69 Å². The second kappa shape index (κ2) is 6.97. The number of ketones is 1. The van der Waals surface area contributed by atoms with Crippen molar-refractivity contribution < 1.29 is 9.18 Å². The van der Waals surface area contributed by atoms with Gasteiger partial charge in [0.15, 0.2) is 5.78 Å². The van der Waals surface area contributed by atoms with Gasteiger partial charge in [-0.25, -0.2) is 4.39 Å². The number of likely N-dealkylation sites (N-methyl/N-ethyl adjacent to an activating group) is 1. The highest BCUT2D eigenvalue weighted by atomic mass is 19.1. The van der Waals surface area contributed by atoms with E-state index in [2.05, 4.69) is 18.0 Å². The van der Waals surface area contributed by atoms with Crippen molar-refractivity contribution in [3.8, 4) is 0 Å². The average molecular weight is 324 g/mol. The van der Waals surface area contributed by atoms with Gasteiger partial charge in [0, 0.05) is 29.2 Å². The quantitative estimate of drug-likeness (QED) is 0.690. The first kappa shape index (κ1) is 16.4. The lowest BCUT2D eigenvalue weighted by molar-refractivity contribution is 0.0944. The van der Waals surface area contributed by atoms with Crippen molar-refractivity contribution in [3.05, 3.63) is 71.2 Å². The molecule has 0 amide bonds. The fraction of sp³-hybridized carbons (Fsp3) is 0.250. The Hall–Kier alpha value is -2.46. The third kappa shape index (κ3) is 3.39. The Morgan fingerprint density at radius 3 is 2.75 bits per heavy atom. The van der Waals surface area contributed by atoms with Crippen LogP contribution in [0.3, 0.4) is 0 Å². The van der Waals surface area contributed by atoms with Crippen LogP contribution in [-0.2, 0) is 13.0 Å². The van der Waals surface area contributed by atoms with Gasteiger partial charge < -0.3 is 4.98 Å². The summed E-state index contributed by atoms with van der Waals surface area (Å²) in [6.45, 7) is 2.93. The molecule has 0 saturated carbocycles. The molecule has 0 aliphatic rings. The number of aromatic amines is 1. The number of Topliss-reactive ketones (excluding diaryl/α,β-unsaturated/α-hetero) is 1. The molecule has 1 N–H and O–H groups in total. The van der Waals surface area contributed by atoms with Gasteiger partial charge in [-0.2, -0.15) is 0 Å². The van der Waals surface area contributed by atoms with E-state index < -0.39 is 0 Å². The monoisotopic (exact) mass is 324 g/mol. The molecule has 0 bridgehead atoms. The molecule has 3 rings (SSSR count). The van der Waals surface area contributed by atoms with Crippen molar-refractivity contribution >= 4 is 16.7 Å². The summed E-state index contributed by atoms with van der Waals surface area (Å²) >= 11 is 0. The number of hydrogen-bond acceptors (Lipinski definition) is 2. The van der Waals surface area contributed by atoms with Crippen molar-refractivity contribution in [2.24, 2.45) is 0 Å². The van der Waals surface area contributed by atoms with Crippen LogP contribution in [0.4, 0.5) is 4.39 Å². The summed E-state index contributed by atoms with van der Waals surface area (Å²) < 4.78 is 13.3. The Morgan fingerprint density at radius 2 is 2.00 bits per heavy atom. The number of benzene rings is 2. The number of carbonyl (C=O) groups is 1. The van der Waals surface area contributed by atoms with E-state index in [0.29, 0.717) is 18.7 Å². The van der Waals surface area contributed by atoms with Crippen LogP contribution in [-0.4, -0.2) is 29.3 Å². The molecule has 0 atom stereocenters. The molecule has 24 heavy (non-hydrogen) atoms. The largest absolute Gasteiger partial charge is 0.360 e. The first-order chi connectivity index (χ1) is 11.6. The number of fused-ring (bicyclic) bond motifs is 1. The zero-order valence-electron chi connectivity index (χ0n) is 14.0. The van der Waals surface area contributed by atoms with Crippen molar-refractivity contribution in [2.75, 3.05) is 13.6 Å². The minimum Gasteiger partial charge on any atom is -0.360 e. The molecule has 0 fully saturated rings. The molecular formula is C20H21FN2O. The van der Waals surface area contributed by atoms with Gasteiger partial charge in [0.25, 0.3) is 0 Å². The fourth-order valence-corrected chi connectivity index (χ4v) is 3.08. The second-order valence-electron chi connectivity index (χ2n) is 6.12. The lowest BCUT2D eigenvalue weighted by Crippen LogP contribution is -2.25. The van der Waals surface area contributed by atoms with Gasteiger partial charge in [0.1, 0.15) is 5.82 Å². The van der Waals surface area contributed by atoms with Crippen molar-refractivity contribution in [2.45, 2.75) is 19.9 Å². The standard InChI is InChI=1S/C20H21FN2O/c1-3-15-7-5-9-17-18(11-22-20(15)17)19(24)13-23(2)12-14-6-4-8-16(21)10-14/h4-11,22H,3,12-13H2,1-2H3. The van der Waals surface area contributed by atoms with E-state index in [0.717, 1.165) is 22.9 Å². The molecule has 0 unspecified atom stereocenters. The van der Waals surface area contributed by atoms with Crippen molar-refractivity contribution in [1.29, 1.82) is 0 Å². The number of aryl methyl sites for hydroxylation is 1. The summed E-state index contributed by atoms with van der Waals surface area (Å²) in [4.78, 5) is 17.8. The number of H-pyrrole nitrogens is 1. The molecular weight excluding hydrogens is 303 g/mol. The second-order valence-corrected chi connectivity index (χ2v) is 6.12. The van der Waals surface area contributed by atoms with E-state index in [9.17, 15) is 9.18 Å². The van der Waals surface area contributed by atoms with E-state index in [1.807, 2.05) is 30.1 Å². The Morgan fingerprint density at radius 1 is 1.21 bits per heavy atom. The van der Waals surface area contributed by atoms with Gasteiger partial charge in [-0.1, -0.05) is 37.3 Å². The van der Waals surface area contributed by atoms with Crippen LogP contribution in [0.2, 0.25) is 0 Å². The van der Waals surface area contributed by atoms with E-state index >= 15 is 0 Å². The molecule has 0 saturated heterocycles. The molecule has 2 aromatic carbocycles. The zero-order chi connectivity index (χ0) is 17.1. The van der Waals surface area contributed by atoms with Crippen LogP contribution < -0.4 is 0 Å². The van der Waals surface area contributed by atoms with Crippen LogP contribution in [0.25, 0.3) is 10.9 Å². The number of aromatic nitrogens is 1. The first-order valence-corrected chi connectivity index (χ1v) is 8.13. The third-order valence-electron chi connectivity index (χ3n) is 4.24. The van der Waals surface area contributed by atoms with Crippen LogP contribution in [0, 0.1) is 5.82 Å². The van der Waals surface area contributed by atoms with E-state index in [4.69, 9.17) is 0 Å². The smallest absolute Gasteiger partial charge is 0.178 e. The van der Waals surface area contributed by atoms with E-state index in [1.165, 1.54) is 17.7 Å². The normalized spacial score (nSPS) is 11.3. The summed E-state index contributed by atoms with van der Waals surface area (Å²) in [6.07, 6.45) is 2.72.